The van der Waals surface area contributed by atoms with Crippen molar-refractivity contribution in [1.82, 2.24) is 5.48 Å². The third-order valence-corrected chi connectivity index (χ3v) is 1.66. The summed E-state index contributed by atoms with van der Waals surface area (Å²) in [6.45, 7) is 1.09. The lowest BCUT2D eigenvalue weighted by Crippen LogP contribution is -2.03. The Morgan fingerprint density at radius 3 is 2.67 bits per heavy atom. The summed E-state index contributed by atoms with van der Waals surface area (Å²) in [4.78, 5) is 3.90. The van der Waals surface area contributed by atoms with E-state index in [1.165, 1.54) is 6.34 Å². The summed E-state index contributed by atoms with van der Waals surface area (Å²) in [7, 11) is 1.63. The highest BCUT2D eigenvalue weighted by Gasteiger charge is 1.93. The molecule has 0 aliphatic carbocycles. The van der Waals surface area contributed by atoms with Gasteiger partial charge in [-0.2, -0.15) is 0 Å². The lowest BCUT2D eigenvalue weighted by molar-refractivity contribution is 0.146. The summed E-state index contributed by atoms with van der Waals surface area (Å²) in [5, 5.41) is 8.29. The Hall–Kier alpha value is -1.59. The molecule has 0 saturated heterocycles. The molecule has 5 heteroatoms. The maximum absolute atomic E-state index is 8.29. The van der Waals surface area contributed by atoms with Gasteiger partial charge in [-0.1, -0.05) is 0 Å². The first-order chi connectivity index (χ1) is 7.36. The van der Waals surface area contributed by atoms with E-state index < -0.39 is 0 Å². The van der Waals surface area contributed by atoms with Crippen molar-refractivity contribution in [1.29, 1.82) is 0 Å². The molecule has 1 aromatic carbocycles. The van der Waals surface area contributed by atoms with Crippen molar-refractivity contribution >= 4 is 12.0 Å². The van der Waals surface area contributed by atoms with Gasteiger partial charge in [0.2, 0.25) is 0 Å². The molecule has 0 bridgehead atoms. The first kappa shape index (κ1) is 11.5. The van der Waals surface area contributed by atoms with Crippen molar-refractivity contribution in [3.05, 3.63) is 24.3 Å². The van der Waals surface area contributed by atoms with Gasteiger partial charge in [0.05, 0.1) is 12.3 Å². The van der Waals surface area contributed by atoms with E-state index in [1.54, 1.807) is 31.4 Å². The minimum atomic E-state index is 0.525. The Morgan fingerprint density at radius 1 is 1.33 bits per heavy atom. The van der Waals surface area contributed by atoms with Crippen LogP contribution in [-0.2, 0) is 4.74 Å². The van der Waals surface area contributed by atoms with Crippen molar-refractivity contribution in [2.45, 2.75) is 0 Å². The zero-order chi connectivity index (χ0) is 10.9. The van der Waals surface area contributed by atoms with E-state index in [0.717, 1.165) is 11.4 Å². The normalized spacial score (nSPS) is 10.5. The summed E-state index contributed by atoms with van der Waals surface area (Å²) in [6.07, 6.45) is 1.20. The number of nitrogens with zero attached hydrogens (tertiary/aromatic N) is 1. The van der Waals surface area contributed by atoms with Crippen LogP contribution >= 0.6 is 0 Å². The van der Waals surface area contributed by atoms with E-state index in [-0.39, 0.29) is 0 Å². The SMILES string of the molecule is COCCOc1ccc(N=CNO)cc1. The lowest BCUT2D eigenvalue weighted by Gasteiger charge is -2.04. The number of rotatable bonds is 6. The van der Waals surface area contributed by atoms with Gasteiger partial charge >= 0.3 is 0 Å². The quantitative estimate of drug-likeness (QED) is 0.322. The summed E-state index contributed by atoms with van der Waals surface area (Å²) < 4.78 is 10.2. The van der Waals surface area contributed by atoms with Crippen LogP contribution < -0.4 is 10.2 Å². The van der Waals surface area contributed by atoms with Gasteiger partial charge in [-0.05, 0) is 24.3 Å². The van der Waals surface area contributed by atoms with E-state index in [1.807, 2.05) is 5.48 Å². The molecule has 15 heavy (non-hydrogen) atoms. The maximum atomic E-state index is 8.29. The lowest BCUT2D eigenvalue weighted by atomic mass is 10.3. The van der Waals surface area contributed by atoms with Crippen LogP contribution in [0.25, 0.3) is 0 Å². The highest BCUT2D eigenvalue weighted by Crippen LogP contribution is 2.17. The number of benzene rings is 1. The molecular weight excluding hydrogens is 196 g/mol. The fraction of sp³-hybridized carbons (Fsp3) is 0.300. The van der Waals surface area contributed by atoms with Crippen LogP contribution in [0.15, 0.2) is 29.3 Å². The monoisotopic (exact) mass is 210 g/mol. The van der Waals surface area contributed by atoms with Gasteiger partial charge in [0.25, 0.3) is 0 Å². The molecule has 0 saturated carbocycles. The van der Waals surface area contributed by atoms with Crippen LogP contribution in [0.1, 0.15) is 0 Å². The van der Waals surface area contributed by atoms with Crippen LogP contribution in [0.2, 0.25) is 0 Å². The molecule has 2 N–H and O–H groups in total. The Kier molecular flexibility index (Phi) is 5.21. The molecule has 0 fully saturated rings. The number of nitrogens with one attached hydrogen (secondary N) is 1. The Bertz CT molecular complexity index is 298. The maximum Gasteiger partial charge on any atom is 0.119 e. The first-order valence-electron chi connectivity index (χ1n) is 4.51. The van der Waals surface area contributed by atoms with Crippen molar-refractivity contribution in [3.8, 4) is 5.75 Å². The number of ether oxygens (including phenoxy) is 2. The summed E-state index contributed by atoms with van der Waals surface area (Å²) in [5.41, 5.74) is 2.57. The second kappa shape index (κ2) is 6.80. The van der Waals surface area contributed by atoms with Gasteiger partial charge in [-0.15, -0.1) is 0 Å². The van der Waals surface area contributed by atoms with Crippen molar-refractivity contribution in [2.75, 3.05) is 20.3 Å². The molecule has 82 valence electrons. The summed E-state index contributed by atoms with van der Waals surface area (Å²) in [5.74, 6) is 0.767. The molecule has 0 heterocycles. The van der Waals surface area contributed by atoms with E-state index >= 15 is 0 Å². The average molecular weight is 210 g/mol. The number of methoxy groups -OCH3 is 1. The van der Waals surface area contributed by atoms with Gasteiger partial charge in [0.15, 0.2) is 0 Å². The summed E-state index contributed by atoms with van der Waals surface area (Å²) >= 11 is 0. The molecule has 0 radical (unpaired) electrons. The second-order valence-corrected chi connectivity index (χ2v) is 2.72. The van der Waals surface area contributed by atoms with E-state index in [4.69, 9.17) is 14.7 Å². The van der Waals surface area contributed by atoms with Crippen molar-refractivity contribution in [3.63, 3.8) is 0 Å². The van der Waals surface area contributed by atoms with Crippen LogP contribution in [0, 0.1) is 0 Å². The minimum Gasteiger partial charge on any atom is -0.491 e. The number of hydrogen-bond acceptors (Lipinski definition) is 4. The molecule has 0 aromatic heterocycles. The zero-order valence-corrected chi connectivity index (χ0v) is 8.51. The topological polar surface area (TPSA) is 63.1 Å². The van der Waals surface area contributed by atoms with Crippen LogP contribution in [-0.4, -0.2) is 31.9 Å². The molecule has 0 aliphatic heterocycles. The van der Waals surface area contributed by atoms with Crippen LogP contribution in [0.4, 0.5) is 5.69 Å². The average Bonchev–Trinajstić information content (AvgIpc) is 2.28. The molecule has 0 spiro atoms. The molecular formula is C10H14N2O3. The predicted molar refractivity (Wildman–Crippen MR) is 56.9 cm³/mol. The zero-order valence-electron chi connectivity index (χ0n) is 8.51. The highest BCUT2D eigenvalue weighted by molar-refractivity contribution is 5.59. The van der Waals surface area contributed by atoms with Crippen molar-refractivity contribution < 1.29 is 14.7 Å². The van der Waals surface area contributed by atoms with Gasteiger partial charge in [-0.25, -0.2) is 4.99 Å². The molecule has 0 unspecified atom stereocenters. The highest BCUT2D eigenvalue weighted by atomic mass is 16.5. The van der Waals surface area contributed by atoms with E-state index in [2.05, 4.69) is 4.99 Å². The summed E-state index contributed by atoms with van der Waals surface area (Å²) in [6, 6.07) is 7.19. The predicted octanol–water partition coefficient (Wildman–Crippen LogP) is 1.35. The van der Waals surface area contributed by atoms with Gasteiger partial charge in [0.1, 0.15) is 18.7 Å². The van der Waals surface area contributed by atoms with Crippen molar-refractivity contribution in [2.24, 2.45) is 4.99 Å². The molecule has 0 aliphatic rings. The Morgan fingerprint density at radius 2 is 2.07 bits per heavy atom. The number of aliphatic imine (C=N–C) groups is 1. The molecule has 0 amide bonds. The van der Waals surface area contributed by atoms with Crippen LogP contribution in [0.3, 0.4) is 0 Å². The van der Waals surface area contributed by atoms with Crippen LogP contribution in [0.5, 0.6) is 5.75 Å². The third kappa shape index (κ3) is 4.44. The molecule has 5 nitrogen and oxygen atoms in total. The first-order valence-corrected chi connectivity index (χ1v) is 4.51. The fourth-order valence-electron chi connectivity index (χ4n) is 0.975. The van der Waals surface area contributed by atoms with Gasteiger partial charge in [0, 0.05) is 7.11 Å². The van der Waals surface area contributed by atoms with Gasteiger partial charge in [-0.3, -0.25) is 10.7 Å². The number of hydroxylamine groups is 1. The van der Waals surface area contributed by atoms with E-state index in [9.17, 15) is 0 Å². The number of hydrogen-bond donors (Lipinski definition) is 2. The van der Waals surface area contributed by atoms with E-state index in [0.29, 0.717) is 13.2 Å². The largest absolute Gasteiger partial charge is 0.491 e. The third-order valence-electron chi connectivity index (χ3n) is 1.66. The minimum absolute atomic E-state index is 0.525. The molecule has 1 aromatic rings. The molecule has 0 atom stereocenters. The molecule has 1 rings (SSSR count). The Balaban J connectivity index is 2.45. The second-order valence-electron chi connectivity index (χ2n) is 2.72. The van der Waals surface area contributed by atoms with Gasteiger partial charge < -0.3 is 9.47 Å². The smallest absolute Gasteiger partial charge is 0.119 e. The standard InChI is InChI=1S/C10H14N2O3/c1-14-6-7-15-10-4-2-9(3-5-10)11-8-12-13/h2-5,8,13H,6-7H2,1H3,(H,11,12). The Labute approximate surface area is 88.3 Å². The fourth-order valence-corrected chi connectivity index (χ4v) is 0.975.